The zero-order valence-corrected chi connectivity index (χ0v) is 29.6. The van der Waals surface area contributed by atoms with E-state index >= 15 is 0 Å². The molecule has 2 saturated heterocycles. The van der Waals surface area contributed by atoms with Gasteiger partial charge in [0.2, 0.25) is 11.8 Å². The number of hydrogen-bond donors (Lipinski definition) is 2. The smallest absolute Gasteiger partial charge is 0.229 e. The van der Waals surface area contributed by atoms with Gasteiger partial charge >= 0.3 is 0 Å². The average molecular weight is 660 g/mol. The van der Waals surface area contributed by atoms with Crippen molar-refractivity contribution in [2.45, 2.75) is 72.6 Å². The molecule has 1 amide bonds. The molecule has 0 bridgehead atoms. The molecule has 260 valence electrons. The Bertz CT molecular complexity index is 1580. The van der Waals surface area contributed by atoms with Crippen LogP contribution in [0.15, 0.2) is 54.7 Å². The largest absolute Gasteiger partial charge is 0.493 e. The Labute approximate surface area is 285 Å². The minimum atomic E-state index is 0.115. The number of aromatic amines is 1. The van der Waals surface area contributed by atoms with Crippen molar-refractivity contribution in [1.29, 1.82) is 0 Å². The fraction of sp³-hybridized carbons (Fsp3) is 0.500. The van der Waals surface area contributed by atoms with Crippen molar-refractivity contribution in [3.63, 3.8) is 0 Å². The predicted octanol–water partition coefficient (Wildman–Crippen LogP) is 7.15. The second-order valence-corrected chi connectivity index (χ2v) is 12.5. The molecule has 2 aliphatic rings. The minimum Gasteiger partial charge on any atom is -0.493 e. The highest BCUT2D eigenvalue weighted by Crippen LogP contribution is 2.39. The number of methoxy groups -OCH3 is 1. The van der Waals surface area contributed by atoms with Crippen molar-refractivity contribution >= 4 is 22.9 Å². The Kier molecular flexibility index (Phi) is 13.5. The van der Waals surface area contributed by atoms with Gasteiger partial charge in [-0.15, -0.1) is 6.58 Å². The van der Waals surface area contributed by atoms with E-state index < -0.39 is 0 Å². The molecule has 2 aromatic heterocycles. The van der Waals surface area contributed by atoms with Gasteiger partial charge < -0.3 is 34.1 Å². The van der Waals surface area contributed by atoms with Crippen LogP contribution in [0.3, 0.4) is 0 Å². The number of piperidine rings is 1. The second-order valence-electron chi connectivity index (χ2n) is 12.5. The van der Waals surface area contributed by atoms with Gasteiger partial charge in [-0.1, -0.05) is 26.0 Å². The number of benzene rings is 1. The van der Waals surface area contributed by atoms with Crippen LogP contribution < -0.4 is 19.5 Å². The molecule has 2 fully saturated rings. The molecular weight excluding hydrogens is 606 g/mol. The zero-order valence-electron chi connectivity index (χ0n) is 29.6. The number of nitrogens with one attached hydrogen (secondary N) is 2. The molecule has 5 rings (SSSR count). The number of hydrogen-bond acceptors (Lipinski definition) is 8. The third-order valence-corrected chi connectivity index (χ3v) is 9.03. The van der Waals surface area contributed by atoms with Crippen molar-refractivity contribution in [1.82, 2.24) is 25.2 Å². The molecule has 0 saturated carbocycles. The molecule has 4 heterocycles. The molecule has 10 heteroatoms. The molecule has 0 aliphatic carbocycles. The minimum absolute atomic E-state index is 0.115. The van der Waals surface area contributed by atoms with E-state index in [2.05, 4.69) is 52.8 Å². The topological polar surface area (TPSA) is 111 Å². The van der Waals surface area contributed by atoms with Crippen LogP contribution in [0.4, 0.5) is 0 Å². The summed E-state index contributed by atoms with van der Waals surface area (Å²) in [7, 11) is 3.52. The third kappa shape index (κ3) is 9.62. The Morgan fingerprint density at radius 1 is 1.17 bits per heavy atom. The first kappa shape index (κ1) is 36.5. The number of carbonyl (C=O) groups excluding carboxylic acids is 1. The lowest BCUT2D eigenvalue weighted by Gasteiger charge is -2.38. The molecule has 2 N–H and O–H groups in total. The van der Waals surface area contributed by atoms with Crippen molar-refractivity contribution in [3.05, 3.63) is 71.7 Å². The number of fused-ring (bicyclic) bond motifs is 1. The number of allylic oxidation sites excluding steroid dienone is 4. The summed E-state index contributed by atoms with van der Waals surface area (Å²) in [4.78, 5) is 27.1. The van der Waals surface area contributed by atoms with Gasteiger partial charge in [0.05, 0.1) is 37.6 Å². The molecule has 0 atom stereocenters. The number of ether oxygens (including phenoxy) is 4. The van der Waals surface area contributed by atoms with Gasteiger partial charge in [-0.25, -0.2) is 9.97 Å². The van der Waals surface area contributed by atoms with E-state index in [0.29, 0.717) is 41.1 Å². The van der Waals surface area contributed by atoms with E-state index in [1.807, 2.05) is 50.1 Å². The number of H-pyrrole nitrogens is 1. The third-order valence-electron chi connectivity index (χ3n) is 9.03. The van der Waals surface area contributed by atoms with Gasteiger partial charge in [-0.05, 0) is 68.7 Å². The van der Waals surface area contributed by atoms with Gasteiger partial charge in [0.25, 0.3) is 0 Å². The molecule has 0 unspecified atom stereocenters. The van der Waals surface area contributed by atoms with E-state index in [4.69, 9.17) is 18.9 Å². The first-order chi connectivity index (χ1) is 23.2. The lowest BCUT2D eigenvalue weighted by atomic mass is 9.78. The number of likely N-dealkylation sites (tertiary alicyclic amines) is 1. The van der Waals surface area contributed by atoms with E-state index in [1.54, 1.807) is 7.11 Å². The fourth-order valence-corrected chi connectivity index (χ4v) is 6.09. The van der Waals surface area contributed by atoms with Crippen LogP contribution in [0.25, 0.3) is 17.0 Å². The van der Waals surface area contributed by atoms with Gasteiger partial charge in [0, 0.05) is 62.7 Å². The van der Waals surface area contributed by atoms with Crippen LogP contribution >= 0.6 is 0 Å². The Balaban J connectivity index is 0.000000671. The average Bonchev–Trinajstić information content (AvgIpc) is 3.69. The SMILES string of the molecule is C=CCc1[nH]c(C)cc1/C=C(\CC)Oc1ncnc2cc(OCCC(=O)N3CCC4(CCOC4)CC3)c(OC)cc12.CC/C=C(/C)NC. The van der Waals surface area contributed by atoms with E-state index in [9.17, 15) is 4.79 Å². The standard InChI is InChI=1S/C32H40N4O5.C6H13N/c1-5-7-26-23(16-22(3)35-26)17-24(6-2)41-31-25-18-28(38-4)29(19-27(25)33-21-34-31)40-14-8-30(37)36-12-9-32(10-13-36)11-15-39-20-32;1-4-5-6(2)7-3/h5,16-19,21,35H,1,6-15,20H2,2-4H3;5,7H,4H2,1-3H3/b24-17+;6-5-. The number of carbonyl (C=O) groups is 1. The Hall–Kier alpha value is -4.31. The van der Waals surface area contributed by atoms with Crippen LogP contribution in [0.2, 0.25) is 0 Å². The number of nitrogens with zero attached hydrogens (tertiary/aromatic N) is 3. The molecular formula is C38H53N5O5. The summed E-state index contributed by atoms with van der Waals surface area (Å²) in [5.74, 6) is 2.39. The van der Waals surface area contributed by atoms with Crippen LogP contribution in [-0.4, -0.2) is 72.8 Å². The summed E-state index contributed by atoms with van der Waals surface area (Å²) in [5.41, 5.74) is 5.43. The lowest BCUT2D eigenvalue weighted by molar-refractivity contribution is -0.134. The number of rotatable bonds is 13. The first-order valence-electron chi connectivity index (χ1n) is 17.1. The van der Waals surface area contributed by atoms with Crippen LogP contribution in [-0.2, 0) is 16.0 Å². The maximum absolute atomic E-state index is 12.9. The lowest BCUT2D eigenvalue weighted by Crippen LogP contribution is -2.43. The normalized spacial score (nSPS) is 16.0. The van der Waals surface area contributed by atoms with Gasteiger partial charge in [0.1, 0.15) is 12.1 Å². The van der Waals surface area contributed by atoms with Crippen molar-refractivity contribution in [2.75, 3.05) is 47.1 Å². The van der Waals surface area contributed by atoms with E-state index in [-0.39, 0.29) is 17.9 Å². The number of amides is 1. The highest BCUT2D eigenvalue weighted by Gasteiger charge is 2.38. The maximum Gasteiger partial charge on any atom is 0.229 e. The molecule has 10 nitrogen and oxygen atoms in total. The predicted molar refractivity (Wildman–Crippen MR) is 191 cm³/mol. The summed E-state index contributed by atoms with van der Waals surface area (Å²) < 4.78 is 23.6. The van der Waals surface area contributed by atoms with E-state index in [0.717, 1.165) is 81.1 Å². The van der Waals surface area contributed by atoms with Crippen molar-refractivity contribution in [3.8, 4) is 17.4 Å². The molecule has 2 aliphatic heterocycles. The van der Waals surface area contributed by atoms with Crippen molar-refractivity contribution in [2.24, 2.45) is 5.41 Å². The maximum atomic E-state index is 12.9. The van der Waals surface area contributed by atoms with Gasteiger partial charge in [0.15, 0.2) is 11.5 Å². The van der Waals surface area contributed by atoms with Crippen LogP contribution in [0, 0.1) is 12.3 Å². The molecule has 1 aromatic carbocycles. The summed E-state index contributed by atoms with van der Waals surface area (Å²) in [6.07, 6.45) is 13.5. The molecule has 48 heavy (non-hydrogen) atoms. The first-order valence-corrected chi connectivity index (χ1v) is 17.1. The Morgan fingerprint density at radius 2 is 1.96 bits per heavy atom. The molecule has 1 spiro atoms. The monoisotopic (exact) mass is 659 g/mol. The summed E-state index contributed by atoms with van der Waals surface area (Å²) >= 11 is 0. The fourth-order valence-electron chi connectivity index (χ4n) is 6.09. The zero-order chi connectivity index (χ0) is 34.5. The Morgan fingerprint density at radius 3 is 2.58 bits per heavy atom. The molecule has 3 aromatic rings. The van der Waals surface area contributed by atoms with Crippen LogP contribution in [0.5, 0.6) is 17.4 Å². The van der Waals surface area contributed by atoms with E-state index in [1.165, 1.54) is 12.0 Å². The summed E-state index contributed by atoms with van der Waals surface area (Å²) in [6.45, 7) is 15.6. The number of aryl methyl sites for hydroxylation is 1. The van der Waals surface area contributed by atoms with Gasteiger partial charge in [-0.2, -0.15) is 0 Å². The highest BCUT2D eigenvalue weighted by atomic mass is 16.5. The number of aromatic nitrogens is 3. The second kappa shape index (κ2) is 17.7. The quantitative estimate of drug-likeness (QED) is 0.147. The van der Waals surface area contributed by atoms with Gasteiger partial charge in [-0.3, -0.25) is 4.79 Å². The summed E-state index contributed by atoms with van der Waals surface area (Å²) in [5, 5.41) is 3.74. The van der Waals surface area contributed by atoms with Crippen LogP contribution in [0.1, 0.15) is 76.2 Å². The summed E-state index contributed by atoms with van der Waals surface area (Å²) in [6, 6.07) is 5.73. The van der Waals surface area contributed by atoms with Crippen molar-refractivity contribution < 1.29 is 23.7 Å². The molecule has 0 radical (unpaired) electrons. The highest BCUT2D eigenvalue weighted by molar-refractivity contribution is 5.87.